The Labute approximate surface area is 109 Å². The molecule has 1 aromatic carbocycles. The lowest BCUT2D eigenvalue weighted by Crippen LogP contribution is -1.96. The molecule has 98 valence electrons. The third-order valence-electron chi connectivity index (χ3n) is 2.89. The third-order valence-corrected chi connectivity index (χ3v) is 2.89. The summed E-state index contributed by atoms with van der Waals surface area (Å²) in [6.45, 7) is 1.97. The number of hydrogen-bond donors (Lipinski definition) is 0. The van der Waals surface area contributed by atoms with Gasteiger partial charge in [0.05, 0.1) is 11.3 Å². The van der Waals surface area contributed by atoms with Gasteiger partial charge in [-0.1, -0.05) is 0 Å². The number of rotatable bonds is 3. The average Bonchev–Trinajstić information content (AvgIpc) is 2.94. The molecule has 0 saturated carbocycles. The van der Waals surface area contributed by atoms with Crippen LogP contribution in [0.25, 0.3) is 0 Å². The molecule has 1 aliphatic heterocycles. The van der Waals surface area contributed by atoms with E-state index >= 15 is 0 Å². The molecule has 1 aromatic heterocycles. The number of ether oxygens (including phenoxy) is 3. The molecule has 0 atom stereocenters. The lowest BCUT2D eigenvalue weighted by molar-refractivity contribution is 0.112. The summed E-state index contributed by atoms with van der Waals surface area (Å²) in [5, 5.41) is 4.15. The van der Waals surface area contributed by atoms with E-state index in [1.54, 1.807) is 32.2 Å². The largest absolute Gasteiger partial charge is 0.454 e. The van der Waals surface area contributed by atoms with E-state index < -0.39 is 0 Å². The quantitative estimate of drug-likeness (QED) is 0.790. The highest BCUT2D eigenvalue weighted by Gasteiger charge is 2.17. The van der Waals surface area contributed by atoms with E-state index in [0.717, 1.165) is 6.29 Å². The number of aryl methyl sites for hydroxylation is 2. The van der Waals surface area contributed by atoms with Gasteiger partial charge in [0.2, 0.25) is 12.7 Å². The van der Waals surface area contributed by atoms with Crippen molar-refractivity contribution in [1.29, 1.82) is 0 Å². The van der Waals surface area contributed by atoms with Crippen molar-refractivity contribution in [2.75, 3.05) is 6.79 Å². The van der Waals surface area contributed by atoms with Gasteiger partial charge in [-0.3, -0.25) is 4.79 Å². The van der Waals surface area contributed by atoms with Crippen molar-refractivity contribution in [2.45, 2.75) is 6.92 Å². The first-order valence-electron chi connectivity index (χ1n) is 5.75. The van der Waals surface area contributed by atoms with E-state index in [0.29, 0.717) is 34.4 Å². The molecular formula is C13H12N2O4. The molecule has 6 heteroatoms. The molecule has 0 aliphatic carbocycles. The lowest BCUT2D eigenvalue weighted by Gasteiger charge is -2.07. The summed E-state index contributed by atoms with van der Waals surface area (Å²) >= 11 is 0. The van der Waals surface area contributed by atoms with Gasteiger partial charge in [-0.2, -0.15) is 5.10 Å². The molecule has 0 bridgehead atoms. The van der Waals surface area contributed by atoms with Gasteiger partial charge in [-0.15, -0.1) is 0 Å². The molecule has 0 unspecified atom stereocenters. The number of aldehydes is 1. The van der Waals surface area contributed by atoms with Crippen LogP contribution >= 0.6 is 0 Å². The Kier molecular flexibility index (Phi) is 2.63. The number of carbonyl (C=O) groups is 1. The van der Waals surface area contributed by atoms with Gasteiger partial charge in [0.25, 0.3) is 0 Å². The average molecular weight is 260 g/mol. The zero-order valence-electron chi connectivity index (χ0n) is 10.5. The summed E-state index contributed by atoms with van der Waals surface area (Å²) in [4.78, 5) is 11.1. The van der Waals surface area contributed by atoms with E-state index in [1.165, 1.54) is 4.68 Å². The van der Waals surface area contributed by atoms with Crippen LogP contribution in [0.4, 0.5) is 0 Å². The van der Waals surface area contributed by atoms with Gasteiger partial charge >= 0.3 is 0 Å². The highest BCUT2D eigenvalue weighted by atomic mass is 16.7. The van der Waals surface area contributed by atoms with Crippen molar-refractivity contribution in [3.63, 3.8) is 0 Å². The molecule has 0 amide bonds. The van der Waals surface area contributed by atoms with Gasteiger partial charge in [0.15, 0.2) is 17.8 Å². The lowest BCUT2D eigenvalue weighted by atomic mass is 10.3. The second-order valence-electron chi connectivity index (χ2n) is 4.16. The van der Waals surface area contributed by atoms with Crippen LogP contribution in [0.1, 0.15) is 16.1 Å². The predicted octanol–water partition coefficient (Wildman–Crippen LogP) is 2.06. The minimum atomic E-state index is 0.212. The maximum Gasteiger partial charge on any atom is 0.231 e. The number of nitrogens with zero attached hydrogens (tertiary/aromatic N) is 2. The molecule has 2 heterocycles. The molecular weight excluding hydrogens is 248 g/mol. The molecule has 0 fully saturated rings. The van der Waals surface area contributed by atoms with Crippen LogP contribution in [0, 0.1) is 6.92 Å². The maximum atomic E-state index is 11.1. The van der Waals surface area contributed by atoms with Crippen LogP contribution in [0.15, 0.2) is 18.2 Å². The second-order valence-corrected chi connectivity index (χ2v) is 4.16. The topological polar surface area (TPSA) is 62.6 Å². The Hall–Kier alpha value is -2.50. The summed E-state index contributed by atoms with van der Waals surface area (Å²) in [7, 11) is 1.72. The van der Waals surface area contributed by atoms with Crippen molar-refractivity contribution in [2.24, 2.45) is 7.05 Å². The van der Waals surface area contributed by atoms with Crippen molar-refractivity contribution in [3.8, 4) is 23.1 Å². The minimum Gasteiger partial charge on any atom is -0.454 e. The van der Waals surface area contributed by atoms with E-state index in [4.69, 9.17) is 14.2 Å². The maximum absolute atomic E-state index is 11.1. The zero-order chi connectivity index (χ0) is 13.4. The Morgan fingerprint density at radius 1 is 1.37 bits per heavy atom. The molecule has 3 rings (SSSR count). The fourth-order valence-corrected chi connectivity index (χ4v) is 1.96. The molecule has 6 nitrogen and oxygen atoms in total. The molecule has 1 aliphatic rings. The highest BCUT2D eigenvalue weighted by Crippen LogP contribution is 2.37. The normalized spacial score (nSPS) is 12.5. The van der Waals surface area contributed by atoms with E-state index in [-0.39, 0.29) is 6.79 Å². The number of hydrogen-bond acceptors (Lipinski definition) is 5. The van der Waals surface area contributed by atoms with Gasteiger partial charge in [-0.05, 0) is 19.1 Å². The number of fused-ring (bicyclic) bond motifs is 1. The van der Waals surface area contributed by atoms with Gasteiger partial charge < -0.3 is 14.2 Å². The van der Waals surface area contributed by atoms with Crippen LogP contribution < -0.4 is 14.2 Å². The van der Waals surface area contributed by atoms with Gasteiger partial charge in [-0.25, -0.2) is 4.68 Å². The molecule has 0 spiro atoms. The number of carbonyl (C=O) groups excluding carboxylic acids is 1. The van der Waals surface area contributed by atoms with Crippen LogP contribution in [-0.2, 0) is 7.05 Å². The Morgan fingerprint density at radius 3 is 2.95 bits per heavy atom. The zero-order valence-corrected chi connectivity index (χ0v) is 10.5. The Balaban J connectivity index is 1.95. The first-order chi connectivity index (χ1) is 9.19. The van der Waals surface area contributed by atoms with Gasteiger partial charge in [0, 0.05) is 13.1 Å². The van der Waals surface area contributed by atoms with Crippen LogP contribution in [0.3, 0.4) is 0 Å². The second kappa shape index (κ2) is 4.31. The van der Waals surface area contributed by atoms with Gasteiger partial charge in [0.1, 0.15) is 5.75 Å². The molecule has 19 heavy (non-hydrogen) atoms. The smallest absolute Gasteiger partial charge is 0.231 e. The van der Waals surface area contributed by atoms with Crippen LogP contribution in [0.5, 0.6) is 23.1 Å². The van der Waals surface area contributed by atoms with Crippen molar-refractivity contribution in [3.05, 3.63) is 29.5 Å². The Morgan fingerprint density at radius 2 is 2.16 bits per heavy atom. The number of aromatic nitrogens is 2. The van der Waals surface area contributed by atoms with Crippen LogP contribution in [-0.4, -0.2) is 22.9 Å². The fraction of sp³-hybridized carbons (Fsp3) is 0.231. The fourth-order valence-electron chi connectivity index (χ4n) is 1.96. The molecule has 0 N–H and O–H groups in total. The van der Waals surface area contributed by atoms with Crippen molar-refractivity contribution >= 4 is 6.29 Å². The summed E-state index contributed by atoms with van der Waals surface area (Å²) in [5.74, 6) is 2.29. The number of benzene rings is 1. The van der Waals surface area contributed by atoms with E-state index in [9.17, 15) is 4.79 Å². The molecule has 0 saturated heterocycles. The third kappa shape index (κ3) is 1.91. The Bertz CT molecular complexity index is 648. The summed E-state index contributed by atoms with van der Waals surface area (Å²) in [6.07, 6.45) is 0.741. The molecule has 0 radical (unpaired) electrons. The van der Waals surface area contributed by atoms with Crippen molar-refractivity contribution in [1.82, 2.24) is 9.78 Å². The first kappa shape index (κ1) is 11.6. The minimum absolute atomic E-state index is 0.212. The van der Waals surface area contributed by atoms with Crippen molar-refractivity contribution < 1.29 is 19.0 Å². The summed E-state index contributed by atoms with van der Waals surface area (Å²) in [5.41, 5.74) is 1.08. The summed E-state index contributed by atoms with van der Waals surface area (Å²) in [6, 6.07) is 5.24. The standard InChI is InChI=1S/C13H12N2O4/c1-8-10(6-16)13(15(2)14-8)19-9-3-4-11-12(5-9)18-7-17-11/h3-6H,7H2,1-2H3. The van der Waals surface area contributed by atoms with E-state index in [2.05, 4.69) is 5.10 Å². The predicted molar refractivity (Wildman–Crippen MR) is 66.0 cm³/mol. The van der Waals surface area contributed by atoms with E-state index in [1.807, 2.05) is 0 Å². The van der Waals surface area contributed by atoms with Crippen LogP contribution in [0.2, 0.25) is 0 Å². The SMILES string of the molecule is Cc1nn(C)c(Oc2ccc3c(c2)OCO3)c1C=O. The summed E-state index contributed by atoms with van der Waals surface area (Å²) < 4.78 is 17.7. The first-order valence-corrected chi connectivity index (χ1v) is 5.75. The highest BCUT2D eigenvalue weighted by molar-refractivity contribution is 5.80. The molecule has 2 aromatic rings. The monoisotopic (exact) mass is 260 g/mol.